The van der Waals surface area contributed by atoms with Crippen LogP contribution in [-0.4, -0.2) is 21.1 Å². The van der Waals surface area contributed by atoms with Gasteiger partial charge < -0.3 is 9.73 Å². The predicted molar refractivity (Wildman–Crippen MR) is 95.4 cm³/mol. The first kappa shape index (κ1) is 15.6. The monoisotopic (exact) mass is 343 g/mol. The van der Waals surface area contributed by atoms with Crippen LogP contribution in [0.2, 0.25) is 0 Å². The van der Waals surface area contributed by atoms with Gasteiger partial charge in [-0.25, -0.2) is 4.98 Å². The normalized spacial score (nSPS) is 10.6. The van der Waals surface area contributed by atoms with Crippen LogP contribution in [0, 0.1) is 18.3 Å². The number of H-pyrrole nitrogens is 1. The van der Waals surface area contributed by atoms with Gasteiger partial charge in [0.15, 0.2) is 0 Å². The summed E-state index contributed by atoms with van der Waals surface area (Å²) >= 11 is 0. The standard InChI is InChI=1S/C19H13N5O2/c1-11-6-17(21-9-13(11)8-20)19(25)22-14-2-3-16-15(7-14)18(24-23-16)12-4-5-26-10-12/h2-7,9-10H,1H3,(H,22,25)(H,23,24). The zero-order valence-electron chi connectivity index (χ0n) is 13.8. The number of aryl methyl sites for hydroxylation is 1. The molecule has 3 aromatic heterocycles. The van der Waals surface area contributed by atoms with Crippen molar-refractivity contribution in [2.24, 2.45) is 0 Å². The minimum atomic E-state index is -0.342. The molecular weight excluding hydrogens is 330 g/mol. The van der Waals surface area contributed by atoms with E-state index in [9.17, 15) is 4.79 Å². The third-order valence-corrected chi connectivity index (χ3v) is 4.08. The zero-order chi connectivity index (χ0) is 18.1. The molecule has 0 spiro atoms. The second-order valence-electron chi connectivity index (χ2n) is 5.79. The van der Waals surface area contributed by atoms with Gasteiger partial charge in [0.05, 0.1) is 23.6 Å². The lowest BCUT2D eigenvalue weighted by molar-refractivity contribution is 0.102. The molecule has 1 amide bonds. The summed E-state index contributed by atoms with van der Waals surface area (Å²) in [5.41, 5.74) is 4.49. The van der Waals surface area contributed by atoms with Gasteiger partial charge in [-0.05, 0) is 42.8 Å². The summed E-state index contributed by atoms with van der Waals surface area (Å²) in [6.45, 7) is 1.77. The fourth-order valence-corrected chi connectivity index (χ4v) is 2.70. The third-order valence-electron chi connectivity index (χ3n) is 4.08. The summed E-state index contributed by atoms with van der Waals surface area (Å²) in [5.74, 6) is -0.342. The van der Waals surface area contributed by atoms with Crippen LogP contribution >= 0.6 is 0 Å². The number of nitrogens with zero attached hydrogens (tertiary/aromatic N) is 3. The van der Waals surface area contributed by atoms with Crippen LogP contribution in [0.25, 0.3) is 22.2 Å². The smallest absolute Gasteiger partial charge is 0.274 e. The summed E-state index contributed by atoms with van der Waals surface area (Å²) in [5, 5.41) is 19.9. The van der Waals surface area contributed by atoms with E-state index in [1.165, 1.54) is 6.20 Å². The molecule has 7 heteroatoms. The Hall–Kier alpha value is -3.92. The quantitative estimate of drug-likeness (QED) is 0.590. The maximum absolute atomic E-state index is 12.5. The van der Waals surface area contributed by atoms with E-state index in [2.05, 4.69) is 20.5 Å². The number of hydrogen-bond acceptors (Lipinski definition) is 5. The summed E-state index contributed by atoms with van der Waals surface area (Å²) in [7, 11) is 0. The maximum atomic E-state index is 12.5. The molecule has 0 aliphatic carbocycles. The lowest BCUT2D eigenvalue weighted by Gasteiger charge is -2.06. The van der Waals surface area contributed by atoms with Gasteiger partial charge in [-0.15, -0.1) is 0 Å². The number of amides is 1. The number of furan rings is 1. The zero-order valence-corrected chi connectivity index (χ0v) is 13.8. The van der Waals surface area contributed by atoms with E-state index in [4.69, 9.17) is 9.68 Å². The van der Waals surface area contributed by atoms with Crippen LogP contribution in [0.15, 0.2) is 53.5 Å². The molecule has 2 N–H and O–H groups in total. The second-order valence-corrected chi connectivity index (χ2v) is 5.79. The highest BCUT2D eigenvalue weighted by molar-refractivity contribution is 6.05. The third kappa shape index (κ3) is 2.70. The van der Waals surface area contributed by atoms with Gasteiger partial charge in [0.25, 0.3) is 5.91 Å². The molecule has 7 nitrogen and oxygen atoms in total. The Morgan fingerprint density at radius 3 is 2.92 bits per heavy atom. The molecule has 0 unspecified atom stereocenters. The van der Waals surface area contributed by atoms with Crippen molar-refractivity contribution in [3.05, 3.63) is 65.9 Å². The summed E-state index contributed by atoms with van der Waals surface area (Å²) in [4.78, 5) is 16.5. The van der Waals surface area contributed by atoms with Crippen molar-refractivity contribution in [2.45, 2.75) is 6.92 Å². The topological polar surface area (TPSA) is 108 Å². The number of hydrogen-bond donors (Lipinski definition) is 2. The summed E-state index contributed by atoms with van der Waals surface area (Å²) < 4.78 is 5.12. The predicted octanol–water partition coefficient (Wildman–Crippen LogP) is 3.65. The molecule has 1 aromatic carbocycles. The van der Waals surface area contributed by atoms with E-state index >= 15 is 0 Å². The molecule has 0 aliphatic rings. The lowest BCUT2D eigenvalue weighted by Crippen LogP contribution is -2.14. The molecule has 4 aromatic rings. The van der Waals surface area contributed by atoms with Crippen molar-refractivity contribution < 1.29 is 9.21 Å². The van der Waals surface area contributed by atoms with Gasteiger partial charge in [0.2, 0.25) is 0 Å². The number of rotatable bonds is 3. The summed E-state index contributed by atoms with van der Waals surface area (Å²) in [6, 6.07) is 10.9. The first-order chi connectivity index (χ1) is 12.7. The summed E-state index contributed by atoms with van der Waals surface area (Å²) in [6.07, 6.45) is 4.60. The number of carbonyl (C=O) groups is 1. The van der Waals surface area contributed by atoms with Crippen molar-refractivity contribution in [3.63, 3.8) is 0 Å². The van der Waals surface area contributed by atoms with Crippen LogP contribution < -0.4 is 5.32 Å². The number of aromatic nitrogens is 3. The first-order valence-corrected chi connectivity index (χ1v) is 7.84. The first-order valence-electron chi connectivity index (χ1n) is 7.84. The Morgan fingerprint density at radius 1 is 1.31 bits per heavy atom. The Kier molecular flexibility index (Phi) is 3.71. The second kappa shape index (κ2) is 6.18. The largest absolute Gasteiger partial charge is 0.472 e. The number of nitriles is 1. The van der Waals surface area contributed by atoms with Crippen molar-refractivity contribution >= 4 is 22.5 Å². The van der Waals surface area contributed by atoms with E-state index in [1.807, 2.05) is 24.3 Å². The van der Waals surface area contributed by atoms with Crippen LogP contribution in [0.1, 0.15) is 21.6 Å². The van der Waals surface area contributed by atoms with Gasteiger partial charge in [-0.1, -0.05) is 0 Å². The Morgan fingerprint density at radius 2 is 2.19 bits per heavy atom. The van der Waals surface area contributed by atoms with Crippen LogP contribution in [0.3, 0.4) is 0 Å². The van der Waals surface area contributed by atoms with Gasteiger partial charge in [-0.3, -0.25) is 9.89 Å². The molecule has 0 atom stereocenters. The Bertz CT molecular complexity index is 1150. The lowest BCUT2D eigenvalue weighted by atomic mass is 10.1. The van der Waals surface area contributed by atoms with Gasteiger partial charge in [-0.2, -0.15) is 10.4 Å². The Balaban J connectivity index is 1.65. The van der Waals surface area contributed by atoms with E-state index in [1.54, 1.807) is 31.6 Å². The van der Waals surface area contributed by atoms with E-state index in [0.717, 1.165) is 22.2 Å². The van der Waals surface area contributed by atoms with E-state index in [-0.39, 0.29) is 11.6 Å². The van der Waals surface area contributed by atoms with Gasteiger partial charge in [0, 0.05) is 22.8 Å². The number of aromatic amines is 1. The number of anilines is 1. The SMILES string of the molecule is Cc1cc(C(=O)Nc2ccc3[nH]nc(-c4ccoc4)c3c2)ncc1C#N. The molecule has 0 bridgehead atoms. The average molecular weight is 343 g/mol. The van der Waals surface area contributed by atoms with Crippen molar-refractivity contribution in [2.75, 3.05) is 5.32 Å². The maximum Gasteiger partial charge on any atom is 0.274 e. The highest BCUT2D eigenvalue weighted by atomic mass is 16.3. The Labute approximate surface area is 148 Å². The number of benzene rings is 1. The highest BCUT2D eigenvalue weighted by Crippen LogP contribution is 2.28. The van der Waals surface area contributed by atoms with Crippen LogP contribution in [-0.2, 0) is 0 Å². The molecule has 26 heavy (non-hydrogen) atoms. The van der Waals surface area contributed by atoms with Gasteiger partial charge in [0.1, 0.15) is 17.5 Å². The fourth-order valence-electron chi connectivity index (χ4n) is 2.70. The number of fused-ring (bicyclic) bond motifs is 1. The molecule has 0 saturated carbocycles. The molecule has 0 aliphatic heterocycles. The highest BCUT2D eigenvalue weighted by Gasteiger charge is 2.13. The van der Waals surface area contributed by atoms with Crippen LogP contribution in [0.5, 0.6) is 0 Å². The molecule has 3 heterocycles. The van der Waals surface area contributed by atoms with E-state index in [0.29, 0.717) is 16.8 Å². The van der Waals surface area contributed by atoms with Crippen molar-refractivity contribution in [1.29, 1.82) is 5.26 Å². The van der Waals surface area contributed by atoms with Crippen molar-refractivity contribution in [1.82, 2.24) is 15.2 Å². The fraction of sp³-hybridized carbons (Fsp3) is 0.0526. The molecular formula is C19H13N5O2. The molecule has 126 valence electrons. The molecule has 0 saturated heterocycles. The number of pyridine rings is 1. The van der Waals surface area contributed by atoms with Gasteiger partial charge >= 0.3 is 0 Å². The van der Waals surface area contributed by atoms with Crippen LogP contribution in [0.4, 0.5) is 5.69 Å². The van der Waals surface area contributed by atoms with E-state index < -0.39 is 0 Å². The minimum Gasteiger partial charge on any atom is -0.472 e. The minimum absolute atomic E-state index is 0.254. The molecule has 4 rings (SSSR count). The molecule has 0 radical (unpaired) electrons. The van der Waals surface area contributed by atoms with Crippen molar-refractivity contribution in [3.8, 4) is 17.3 Å². The average Bonchev–Trinajstić information content (AvgIpc) is 3.30. The number of carbonyl (C=O) groups excluding carboxylic acids is 1. The molecule has 0 fully saturated rings. The number of nitrogens with one attached hydrogen (secondary N) is 2.